The predicted octanol–water partition coefficient (Wildman–Crippen LogP) is 2.25. The van der Waals surface area contributed by atoms with Crippen LogP contribution >= 0.6 is 0 Å². The van der Waals surface area contributed by atoms with Crippen LogP contribution < -0.4 is 5.73 Å². The van der Waals surface area contributed by atoms with E-state index in [9.17, 15) is 21.6 Å². The van der Waals surface area contributed by atoms with Crippen molar-refractivity contribution in [3.8, 4) is 0 Å². The van der Waals surface area contributed by atoms with Crippen LogP contribution in [0.5, 0.6) is 0 Å². The van der Waals surface area contributed by atoms with E-state index in [0.717, 1.165) is 25.7 Å². The van der Waals surface area contributed by atoms with E-state index < -0.39 is 28.4 Å². The largest absolute Gasteiger partial charge is 0.389 e. The fourth-order valence-electron chi connectivity index (χ4n) is 2.56. The van der Waals surface area contributed by atoms with E-state index in [1.165, 1.54) is 4.31 Å². The van der Waals surface area contributed by atoms with E-state index in [1.54, 1.807) is 0 Å². The van der Waals surface area contributed by atoms with Gasteiger partial charge in [-0.05, 0) is 32.2 Å². The zero-order valence-electron chi connectivity index (χ0n) is 11.5. The molecular weight excluding hydrogens is 293 g/mol. The van der Waals surface area contributed by atoms with Gasteiger partial charge >= 0.3 is 6.18 Å². The van der Waals surface area contributed by atoms with Crippen molar-refractivity contribution in [3.63, 3.8) is 0 Å². The summed E-state index contributed by atoms with van der Waals surface area (Å²) >= 11 is 0. The highest BCUT2D eigenvalue weighted by molar-refractivity contribution is 7.89. The molecule has 0 bridgehead atoms. The molecule has 1 aliphatic carbocycles. The third kappa shape index (κ3) is 5.97. The molecule has 2 N–H and O–H groups in total. The lowest BCUT2D eigenvalue weighted by atomic mass is 10.2. The molecule has 0 atom stereocenters. The van der Waals surface area contributed by atoms with Crippen LogP contribution in [-0.4, -0.2) is 43.8 Å². The van der Waals surface area contributed by atoms with Crippen LogP contribution in [0.3, 0.4) is 0 Å². The van der Waals surface area contributed by atoms with Gasteiger partial charge in [0.05, 0.1) is 5.75 Å². The molecule has 0 heterocycles. The molecule has 1 saturated carbocycles. The number of rotatable bonds is 8. The van der Waals surface area contributed by atoms with Crippen molar-refractivity contribution in [2.75, 3.05) is 18.8 Å². The Kier molecular flexibility index (Phi) is 6.74. The molecule has 4 nitrogen and oxygen atoms in total. The predicted molar refractivity (Wildman–Crippen MR) is 71.7 cm³/mol. The van der Waals surface area contributed by atoms with Gasteiger partial charge in [0.25, 0.3) is 0 Å². The van der Waals surface area contributed by atoms with Crippen LogP contribution in [0.1, 0.15) is 44.9 Å². The summed E-state index contributed by atoms with van der Waals surface area (Å²) in [5.74, 6) is -0.437. The van der Waals surface area contributed by atoms with Crippen molar-refractivity contribution in [1.82, 2.24) is 4.31 Å². The van der Waals surface area contributed by atoms with Gasteiger partial charge < -0.3 is 5.73 Å². The Labute approximate surface area is 118 Å². The third-order valence-corrected chi connectivity index (χ3v) is 5.53. The molecular formula is C12H23F3N2O2S. The van der Waals surface area contributed by atoms with Gasteiger partial charge in [-0.1, -0.05) is 12.8 Å². The molecule has 1 aliphatic rings. The number of nitrogens with two attached hydrogens (primary N) is 1. The highest BCUT2D eigenvalue weighted by Gasteiger charge is 2.33. The molecule has 1 rings (SSSR count). The lowest BCUT2D eigenvalue weighted by Crippen LogP contribution is -2.41. The fourth-order valence-corrected chi connectivity index (χ4v) is 4.38. The SMILES string of the molecule is NCCCN(C1CCCC1)S(=O)(=O)CCCC(F)(F)F. The Morgan fingerprint density at radius 3 is 2.25 bits per heavy atom. The number of hydrogen-bond donors (Lipinski definition) is 1. The Morgan fingerprint density at radius 2 is 1.75 bits per heavy atom. The second-order valence-electron chi connectivity index (χ2n) is 5.23. The number of nitrogens with zero attached hydrogens (tertiary/aromatic N) is 1. The average Bonchev–Trinajstić information content (AvgIpc) is 2.80. The minimum absolute atomic E-state index is 0.0579. The zero-order chi connectivity index (χ0) is 15.2. The first-order valence-corrected chi connectivity index (χ1v) is 8.63. The molecule has 8 heteroatoms. The summed E-state index contributed by atoms with van der Waals surface area (Å²) in [7, 11) is -3.62. The molecule has 0 amide bonds. The second-order valence-corrected chi connectivity index (χ2v) is 7.27. The Hall–Kier alpha value is -0.340. The smallest absolute Gasteiger partial charge is 0.330 e. The standard InChI is InChI=1S/C12H23F3N2O2S/c13-12(14,15)7-3-10-20(18,19)17(9-4-8-16)11-5-1-2-6-11/h11H,1-10,16H2. The molecule has 0 aliphatic heterocycles. The van der Waals surface area contributed by atoms with Gasteiger partial charge in [-0.15, -0.1) is 0 Å². The normalized spacial score (nSPS) is 18.1. The molecule has 0 unspecified atom stereocenters. The average molecular weight is 316 g/mol. The molecule has 0 spiro atoms. The van der Waals surface area contributed by atoms with Gasteiger partial charge in [0, 0.05) is 19.0 Å². The summed E-state index contributed by atoms with van der Waals surface area (Å²) < 4.78 is 62.2. The van der Waals surface area contributed by atoms with E-state index in [-0.39, 0.29) is 12.5 Å². The molecule has 0 aromatic rings. The molecule has 20 heavy (non-hydrogen) atoms. The first-order valence-electron chi connectivity index (χ1n) is 7.02. The van der Waals surface area contributed by atoms with Gasteiger partial charge in [-0.25, -0.2) is 8.42 Å². The van der Waals surface area contributed by atoms with E-state index in [0.29, 0.717) is 19.5 Å². The van der Waals surface area contributed by atoms with Gasteiger partial charge in [-0.2, -0.15) is 17.5 Å². The van der Waals surface area contributed by atoms with E-state index in [4.69, 9.17) is 5.73 Å². The van der Waals surface area contributed by atoms with Gasteiger partial charge in [0.2, 0.25) is 10.0 Å². The van der Waals surface area contributed by atoms with Crippen LogP contribution in [0.15, 0.2) is 0 Å². The number of sulfonamides is 1. The molecule has 0 radical (unpaired) electrons. The second kappa shape index (κ2) is 7.61. The monoisotopic (exact) mass is 316 g/mol. The summed E-state index contributed by atoms with van der Waals surface area (Å²) in [5.41, 5.74) is 5.41. The number of alkyl halides is 3. The van der Waals surface area contributed by atoms with E-state index >= 15 is 0 Å². The van der Waals surface area contributed by atoms with Crippen molar-refractivity contribution in [3.05, 3.63) is 0 Å². The fraction of sp³-hybridized carbons (Fsp3) is 1.00. The topological polar surface area (TPSA) is 63.4 Å². The summed E-state index contributed by atoms with van der Waals surface area (Å²) in [5, 5.41) is 0. The molecule has 0 aromatic heterocycles. The summed E-state index contributed by atoms with van der Waals surface area (Å²) in [4.78, 5) is 0. The molecule has 120 valence electrons. The lowest BCUT2D eigenvalue weighted by molar-refractivity contribution is -0.134. The third-order valence-electron chi connectivity index (χ3n) is 3.53. The van der Waals surface area contributed by atoms with E-state index in [2.05, 4.69) is 0 Å². The van der Waals surface area contributed by atoms with Gasteiger partial charge in [0.1, 0.15) is 0 Å². The molecule has 0 aromatic carbocycles. The van der Waals surface area contributed by atoms with Crippen molar-refractivity contribution in [1.29, 1.82) is 0 Å². The maximum atomic E-state index is 12.2. The van der Waals surface area contributed by atoms with Crippen LogP contribution in [0, 0.1) is 0 Å². The highest BCUT2D eigenvalue weighted by atomic mass is 32.2. The first kappa shape index (κ1) is 17.7. The Balaban J connectivity index is 2.61. The van der Waals surface area contributed by atoms with Crippen molar-refractivity contribution in [2.24, 2.45) is 5.73 Å². The van der Waals surface area contributed by atoms with Crippen LogP contribution in [0.4, 0.5) is 13.2 Å². The number of halogens is 3. The van der Waals surface area contributed by atoms with Crippen molar-refractivity contribution < 1.29 is 21.6 Å². The van der Waals surface area contributed by atoms with Crippen LogP contribution in [-0.2, 0) is 10.0 Å². The summed E-state index contributed by atoms with van der Waals surface area (Å²) in [6.45, 7) is 0.691. The quantitative estimate of drug-likeness (QED) is 0.747. The number of hydrogen-bond acceptors (Lipinski definition) is 3. The first-order chi connectivity index (χ1) is 9.26. The molecule has 0 saturated heterocycles. The highest BCUT2D eigenvalue weighted by Crippen LogP contribution is 2.27. The zero-order valence-corrected chi connectivity index (χ0v) is 12.3. The maximum absolute atomic E-state index is 12.2. The Morgan fingerprint density at radius 1 is 1.15 bits per heavy atom. The Bertz CT molecular complexity index is 379. The van der Waals surface area contributed by atoms with E-state index in [1.807, 2.05) is 0 Å². The van der Waals surface area contributed by atoms with Gasteiger partial charge in [0.15, 0.2) is 0 Å². The van der Waals surface area contributed by atoms with Crippen molar-refractivity contribution >= 4 is 10.0 Å². The van der Waals surface area contributed by atoms with Crippen molar-refractivity contribution in [2.45, 2.75) is 57.2 Å². The van der Waals surface area contributed by atoms with Gasteiger partial charge in [-0.3, -0.25) is 0 Å². The molecule has 1 fully saturated rings. The minimum Gasteiger partial charge on any atom is -0.330 e. The maximum Gasteiger partial charge on any atom is 0.389 e. The lowest BCUT2D eigenvalue weighted by Gasteiger charge is -2.28. The minimum atomic E-state index is -4.30. The summed E-state index contributed by atoms with van der Waals surface area (Å²) in [6, 6.07) is -0.0579. The van der Waals surface area contributed by atoms with Crippen LogP contribution in [0.25, 0.3) is 0 Å². The summed E-state index contributed by atoms with van der Waals surface area (Å²) in [6.07, 6.45) is -1.66. The van der Waals surface area contributed by atoms with Crippen LogP contribution in [0.2, 0.25) is 0 Å².